The minimum Gasteiger partial charge on any atom is -0.484 e. The van der Waals surface area contributed by atoms with Gasteiger partial charge in [0.25, 0.3) is 5.91 Å². The van der Waals surface area contributed by atoms with Crippen LogP contribution < -0.4 is 15.6 Å². The van der Waals surface area contributed by atoms with Crippen LogP contribution in [0.1, 0.15) is 31.9 Å². The lowest BCUT2D eigenvalue weighted by molar-refractivity contribution is -0.266. The molecule has 2 rings (SSSR count). The van der Waals surface area contributed by atoms with Gasteiger partial charge in [0.2, 0.25) is 5.78 Å². The number of hydrogen-bond acceptors (Lipinski definition) is 4. The van der Waals surface area contributed by atoms with Crippen molar-refractivity contribution in [3.05, 3.63) is 77.5 Å². The van der Waals surface area contributed by atoms with Gasteiger partial charge in [-0.2, -0.15) is 22.0 Å². The van der Waals surface area contributed by atoms with E-state index in [1.165, 1.54) is 0 Å². The number of carbonyl (C=O) groups is 2. The highest BCUT2D eigenvalue weighted by molar-refractivity contribution is 5.96. The fourth-order valence-corrected chi connectivity index (χ4v) is 2.81. The van der Waals surface area contributed by atoms with Crippen molar-refractivity contribution in [3.8, 4) is 5.75 Å². The lowest BCUT2D eigenvalue weighted by Crippen LogP contribution is -2.44. The van der Waals surface area contributed by atoms with E-state index in [9.17, 15) is 31.5 Å². The molecule has 2 aromatic carbocycles. The summed E-state index contributed by atoms with van der Waals surface area (Å²) >= 11 is 0. The van der Waals surface area contributed by atoms with Crippen LogP contribution in [0.3, 0.4) is 0 Å². The van der Waals surface area contributed by atoms with Crippen molar-refractivity contribution in [1.82, 2.24) is 10.9 Å². The number of alkyl halides is 5. The number of rotatable bonds is 9. The molecule has 0 radical (unpaired) electrons. The van der Waals surface area contributed by atoms with Crippen LogP contribution >= 0.6 is 0 Å². The van der Waals surface area contributed by atoms with Crippen LogP contribution in [0, 0.1) is 0 Å². The number of ether oxygens (including phenoxy) is 1. The van der Waals surface area contributed by atoms with Crippen LogP contribution in [0.5, 0.6) is 5.75 Å². The number of amides is 1. The largest absolute Gasteiger partial charge is 0.484 e. The van der Waals surface area contributed by atoms with Crippen molar-refractivity contribution in [3.63, 3.8) is 0 Å². The maximum Gasteiger partial charge on any atom is 0.461 e. The SMILES string of the molecule is C/C(=C\C(=O)C(F)(F)C(F)(F)F)NNC(=O)COc1ccc(C(C)(C)c2ccccc2)cc1. The number of halogens is 5. The predicted octanol–water partition coefficient (Wildman–Crippen LogP) is 4.68. The number of nitrogens with one attached hydrogen (secondary N) is 2. The Kier molecular flexibility index (Phi) is 7.84. The lowest BCUT2D eigenvalue weighted by Gasteiger charge is -2.26. The second-order valence-corrected chi connectivity index (χ2v) is 7.74. The standard InChI is InChI=1S/C23H23F5N2O3/c1-15(13-19(31)22(24,25)23(26,27)28)29-30-20(32)14-33-18-11-9-17(10-12-18)21(2,3)16-7-5-4-6-8-16/h4-13,29H,14H2,1-3H3,(H,30,32)/b15-13+. The van der Waals surface area contributed by atoms with Gasteiger partial charge in [0.1, 0.15) is 5.75 Å². The lowest BCUT2D eigenvalue weighted by atomic mass is 9.78. The van der Waals surface area contributed by atoms with Crippen LogP contribution in [0.4, 0.5) is 22.0 Å². The molecular weight excluding hydrogens is 447 g/mol. The molecule has 0 bridgehead atoms. The van der Waals surface area contributed by atoms with Crippen LogP contribution in [0.25, 0.3) is 0 Å². The van der Waals surface area contributed by atoms with E-state index >= 15 is 0 Å². The number of ketones is 1. The first-order valence-electron chi connectivity index (χ1n) is 9.76. The molecule has 0 aliphatic carbocycles. The molecule has 0 aliphatic rings. The highest BCUT2D eigenvalue weighted by Gasteiger charge is 2.62. The number of hydrogen-bond donors (Lipinski definition) is 2. The maximum absolute atomic E-state index is 12.9. The van der Waals surface area contributed by atoms with E-state index in [0.29, 0.717) is 5.75 Å². The molecule has 0 saturated carbocycles. The summed E-state index contributed by atoms with van der Waals surface area (Å²) in [5.74, 6) is -8.33. The summed E-state index contributed by atoms with van der Waals surface area (Å²) in [4.78, 5) is 23.0. The summed E-state index contributed by atoms with van der Waals surface area (Å²) in [6, 6.07) is 17.0. The molecule has 2 aromatic rings. The molecule has 10 heteroatoms. The molecule has 0 fully saturated rings. The highest BCUT2D eigenvalue weighted by Crippen LogP contribution is 2.36. The zero-order chi connectivity index (χ0) is 24.9. The summed E-state index contributed by atoms with van der Waals surface area (Å²) in [6.07, 6.45) is -5.95. The smallest absolute Gasteiger partial charge is 0.461 e. The number of benzene rings is 2. The fourth-order valence-electron chi connectivity index (χ4n) is 2.81. The molecule has 0 spiro atoms. The average molecular weight is 470 g/mol. The Morgan fingerprint density at radius 3 is 1.97 bits per heavy atom. The molecule has 1 amide bonds. The topological polar surface area (TPSA) is 67.4 Å². The second kappa shape index (κ2) is 10.0. The van der Waals surface area contributed by atoms with Gasteiger partial charge in [-0.3, -0.25) is 15.0 Å². The number of hydrazine groups is 1. The van der Waals surface area contributed by atoms with E-state index in [4.69, 9.17) is 4.74 Å². The van der Waals surface area contributed by atoms with E-state index in [1.54, 1.807) is 12.1 Å². The minimum atomic E-state index is -6.01. The zero-order valence-electron chi connectivity index (χ0n) is 18.1. The van der Waals surface area contributed by atoms with Gasteiger partial charge in [-0.25, -0.2) is 0 Å². The van der Waals surface area contributed by atoms with Gasteiger partial charge in [0.15, 0.2) is 6.61 Å². The van der Waals surface area contributed by atoms with Gasteiger partial charge in [-0.05, 0) is 30.2 Å². The molecule has 0 atom stereocenters. The number of allylic oxidation sites excluding steroid dienone is 2. The van der Waals surface area contributed by atoms with Crippen molar-refractivity contribution in [2.45, 2.75) is 38.3 Å². The molecule has 178 valence electrons. The predicted molar refractivity (Wildman–Crippen MR) is 112 cm³/mol. The molecule has 0 aliphatic heterocycles. The van der Waals surface area contributed by atoms with Gasteiger partial charge in [0.05, 0.1) is 0 Å². The van der Waals surface area contributed by atoms with Crippen LogP contribution in [-0.2, 0) is 15.0 Å². The third-order valence-corrected chi connectivity index (χ3v) is 4.85. The Bertz CT molecular complexity index is 1000. The van der Waals surface area contributed by atoms with E-state index in [0.717, 1.165) is 18.1 Å². The van der Waals surface area contributed by atoms with E-state index < -0.39 is 36.1 Å². The van der Waals surface area contributed by atoms with Crippen molar-refractivity contribution in [1.29, 1.82) is 0 Å². The Balaban J connectivity index is 1.88. The highest BCUT2D eigenvalue weighted by atomic mass is 19.4. The Hall–Kier alpha value is -3.43. The summed E-state index contributed by atoms with van der Waals surface area (Å²) in [5, 5.41) is 0. The van der Waals surface area contributed by atoms with Gasteiger partial charge in [-0.1, -0.05) is 56.3 Å². The summed E-state index contributed by atoms with van der Waals surface area (Å²) < 4.78 is 67.8. The zero-order valence-corrected chi connectivity index (χ0v) is 18.1. The van der Waals surface area contributed by atoms with Gasteiger partial charge >= 0.3 is 12.1 Å². The normalized spacial score (nSPS) is 12.8. The molecule has 5 nitrogen and oxygen atoms in total. The van der Waals surface area contributed by atoms with Crippen LogP contribution in [0.2, 0.25) is 0 Å². The van der Waals surface area contributed by atoms with E-state index in [2.05, 4.69) is 19.3 Å². The molecule has 0 aromatic heterocycles. The van der Waals surface area contributed by atoms with Crippen LogP contribution in [0.15, 0.2) is 66.4 Å². The van der Waals surface area contributed by atoms with Crippen molar-refractivity contribution >= 4 is 11.7 Å². The first-order chi connectivity index (χ1) is 15.2. The molecule has 2 N–H and O–H groups in total. The summed E-state index contributed by atoms with van der Waals surface area (Å²) in [7, 11) is 0. The molecular formula is C23H23F5N2O3. The van der Waals surface area contributed by atoms with Crippen molar-refractivity contribution < 1.29 is 36.3 Å². The monoisotopic (exact) mass is 470 g/mol. The quantitative estimate of drug-likeness (QED) is 0.317. The third-order valence-electron chi connectivity index (χ3n) is 4.85. The summed E-state index contributed by atoms with van der Waals surface area (Å²) in [5.41, 5.74) is 5.60. The van der Waals surface area contributed by atoms with E-state index in [-0.39, 0.29) is 11.5 Å². The Morgan fingerprint density at radius 2 is 1.42 bits per heavy atom. The summed E-state index contributed by atoms with van der Waals surface area (Å²) in [6.45, 7) is 4.72. The first-order valence-corrected chi connectivity index (χ1v) is 9.76. The van der Waals surface area contributed by atoms with Crippen molar-refractivity contribution in [2.75, 3.05) is 6.61 Å². The maximum atomic E-state index is 12.9. The Morgan fingerprint density at radius 1 is 0.879 bits per heavy atom. The second-order valence-electron chi connectivity index (χ2n) is 7.74. The molecule has 33 heavy (non-hydrogen) atoms. The van der Waals surface area contributed by atoms with Crippen molar-refractivity contribution in [2.24, 2.45) is 0 Å². The number of carbonyl (C=O) groups excluding carboxylic acids is 2. The van der Waals surface area contributed by atoms with Crippen LogP contribution in [-0.4, -0.2) is 30.4 Å². The third kappa shape index (κ3) is 6.53. The minimum absolute atomic E-state index is 0.0574. The van der Waals surface area contributed by atoms with Gasteiger partial charge in [-0.15, -0.1) is 0 Å². The fraction of sp³-hybridized carbons (Fsp3) is 0.304. The molecule has 0 unspecified atom stereocenters. The Labute approximate surface area is 187 Å². The molecule has 0 heterocycles. The van der Waals surface area contributed by atoms with Gasteiger partial charge < -0.3 is 10.2 Å². The van der Waals surface area contributed by atoms with Gasteiger partial charge in [0, 0.05) is 17.2 Å². The molecule has 0 saturated heterocycles. The first kappa shape index (κ1) is 25.8. The average Bonchev–Trinajstić information content (AvgIpc) is 2.76. The van der Waals surface area contributed by atoms with E-state index in [1.807, 2.05) is 47.9 Å².